The van der Waals surface area contributed by atoms with Gasteiger partial charge >= 0.3 is 5.97 Å². The second kappa shape index (κ2) is 42.7. The maximum Gasteiger partial charge on any atom is 0.306 e. The zero-order chi connectivity index (χ0) is 50.9. The molecule has 402 valence electrons. The van der Waals surface area contributed by atoms with E-state index in [0.717, 1.165) is 83.5 Å². The minimum atomic E-state index is -1.72. The van der Waals surface area contributed by atoms with Gasteiger partial charge in [0.2, 0.25) is 0 Å². The van der Waals surface area contributed by atoms with Gasteiger partial charge in [0.05, 0.1) is 26.4 Å². The number of unbranched alkanes of at least 4 members (excludes halogenated alkanes) is 13. The van der Waals surface area contributed by atoms with Gasteiger partial charge in [0, 0.05) is 13.0 Å². The number of esters is 1. The first-order chi connectivity index (χ1) is 34.1. The molecule has 2 aliphatic rings. The van der Waals surface area contributed by atoms with E-state index in [2.05, 4.69) is 98.9 Å². The molecule has 0 aromatic heterocycles. The second-order valence-corrected chi connectivity index (χ2v) is 18.3. The summed E-state index contributed by atoms with van der Waals surface area (Å²) in [7, 11) is 0. The number of ether oxygens (including phenoxy) is 6. The van der Waals surface area contributed by atoms with E-state index in [1.807, 2.05) is 0 Å². The van der Waals surface area contributed by atoms with Crippen LogP contribution in [0.2, 0.25) is 0 Å². The highest BCUT2D eigenvalue weighted by atomic mass is 16.7. The second-order valence-electron chi connectivity index (χ2n) is 18.3. The lowest BCUT2D eigenvalue weighted by atomic mass is 9.98. The molecule has 0 amide bonds. The van der Waals surface area contributed by atoms with Gasteiger partial charge in [-0.1, -0.05) is 170 Å². The third kappa shape index (κ3) is 29.6. The Hall–Kier alpha value is -2.83. The molecule has 0 bridgehead atoms. The van der Waals surface area contributed by atoms with Crippen molar-refractivity contribution >= 4 is 5.97 Å². The first kappa shape index (κ1) is 63.3. The zero-order valence-corrected chi connectivity index (χ0v) is 42.7. The molecule has 0 spiro atoms. The predicted molar refractivity (Wildman–Crippen MR) is 275 cm³/mol. The summed E-state index contributed by atoms with van der Waals surface area (Å²) in [5, 5.41) is 72.1. The number of aliphatic hydroxyl groups excluding tert-OH is 7. The summed E-state index contributed by atoms with van der Waals surface area (Å²) in [5.41, 5.74) is 0. The van der Waals surface area contributed by atoms with Gasteiger partial charge in [-0.05, 0) is 70.6 Å². The van der Waals surface area contributed by atoms with Crippen molar-refractivity contribution in [1.29, 1.82) is 0 Å². The van der Waals surface area contributed by atoms with Gasteiger partial charge in [-0.25, -0.2) is 0 Å². The number of hydrogen-bond acceptors (Lipinski definition) is 14. The van der Waals surface area contributed by atoms with Crippen LogP contribution in [0, 0.1) is 0 Å². The topological polar surface area (TPSA) is 214 Å². The quantitative estimate of drug-likeness (QED) is 0.0174. The fraction of sp³-hybridized carbons (Fsp3) is 0.732. The molecule has 0 aromatic carbocycles. The minimum Gasteiger partial charge on any atom is -0.457 e. The fourth-order valence-electron chi connectivity index (χ4n) is 7.85. The van der Waals surface area contributed by atoms with Gasteiger partial charge < -0.3 is 64.2 Å². The summed E-state index contributed by atoms with van der Waals surface area (Å²) >= 11 is 0. The van der Waals surface area contributed by atoms with Gasteiger partial charge in [0.1, 0.15) is 54.9 Å². The van der Waals surface area contributed by atoms with Crippen molar-refractivity contribution in [3.05, 3.63) is 85.1 Å². The van der Waals surface area contributed by atoms with Gasteiger partial charge in [-0.2, -0.15) is 0 Å². The highest BCUT2D eigenvalue weighted by molar-refractivity contribution is 5.69. The van der Waals surface area contributed by atoms with E-state index in [-0.39, 0.29) is 19.6 Å². The Labute approximate surface area is 420 Å². The molecular formula is C56H94O14. The van der Waals surface area contributed by atoms with Gasteiger partial charge in [0.15, 0.2) is 12.6 Å². The summed E-state index contributed by atoms with van der Waals surface area (Å²) in [6.07, 6.45) is 37.9. The van der Waals surface area contributed by atoms with Crippen LogP contribution in [0.15, 0.2) is 85.1 Å². The molecule has 70 heavy (non-hydrogen) atoms. The van der Waals surface area contributed by atoms with Crippen molar-refractivity contribution in [2.75, 3.05) is 33.0 Å². The highest BCUT2D eigenvalue weighted by Crippen LogP contribution is 2.26. The molecule has 0 saturated carbocycles. The third-order valence-electron chi connectivity index (χ3n) is 12.2. The van der Waals surface area contributed by atoms with Gasteiger partial charge in [-0.15, -0.1) is 0 Å². The van der Waals surface area contributed by atoms with E-state index in [1.54, 1.807) is 0 Å². The number of carbonyl (C=O) groups excluding carboxylic acids is 1. The Kier molecular flexibility index (Phi) is 38.6. The molecule has 0 aromatic rings. The molecule has 2 aliphatic heterocycles. The van der Waals surface area contributed by atoms with Crippen LogP contribution in [0.5, 0.6) is 0 Å². The van der Waals surface area contributed by atoms with Crippen molar-refractivity contribution in [3.63, 3.8) is 0 Å². The van der Waals surface area contributed by atoms with Crippen LogP contribution in [-0.4, -0.2) is 142 Å². The van der Waals surface area contributed by atoms with E-state index in [4.69, 9.17) is 28.4 Å². The van der Waals surface area contributed by atoms with Crippen molar-refractivity contribution in [3.8, 4) is 0 Å². The maximum absolute atomic E-state index is 13.0. The van der Waals surface area contributed by atoms with Crippen LogP contribution in [0.1, 0.15) is 162 Å². The van der Waals surface area contributed by atoms with Crippen molar-refractivity contribution < 1.29 is 69.0 Å². The van der Waals surface area contributed by atoms with Crippen LogP contribution in [-0.2, 0) is 33.2 Å². The fourth-order valence-corrected chi connectivity index (χ4v) is 7.85. The molecule has 2 heterocycles. The maximum atomic E-state index is 13.0. The van der Waals surface area contributed by atoms with Crippen LogP contribution < -0.4 is 0 Å². The Morgan fingerprint density at radius 3 is 1.44 bits per heavy atom. The molecule has 2 rings (SSSR count). The van der Waals surface area contributed by atoms with E-state index in [1.165, 1.54) is 51.4 Å². The molecule has 7 N–H and O–H groups in total. The number of hydrogen-bond donors (Lipinski definition) is 7. The monoisotopic (exact) mass is 991 g/mol. The molecule has 0 aliphatic carbocycles. The zero-order valence-electron chi connectivity index (χ0n) is 42.7. The van der Waals surface area contributed by atoms with Crippen LogP contribution >= 0.6 is 0 Å². The Morgan fingerprint density at radius 2 is 0.929 bits per heavy atom. The SMILES string of the molecule is CC/C=C\C/C=C\C/C=C\C/C=C\C/C=C\C/C=C\C/C=C\CCCCCC(=O)OC(COCCCCCCCCCCCCC)COC1OC(COC2OC(CO)C(O)C(O)C2O)C(O)C(O)C1O. The normalized spacial score (nSPS) is 26.2. The highest BCUT2D eigenvalue weighted by Gasteiger charge is 2.47. The van der Waals surface area contributed by atoms with Crippen molar-refractivity contribution in [2.45, 2.75) is 229 Å². The first-order valence-corrected chi connectivity index (χ1v) is 26.7. The molecule has 2 saturated heterocycles. The Balaban J connectivity index is 1.74. The van der Waals surface area contributed by atoms with Crippen LogP contribution in [0.25, 0.3) is 0 Å². The van der Waals surface area contributed by atoms with E-state index in [9.17, 15) is 40.5 Å². The van der Waals surface area contributed by atoms with Crippen LogP contribution in [0.4, 0.5) is 0 Å². The molecule has 0 radical (unpaired) electrons. The van der Waals surface area contributed by atoms with E-state index >= 15 is 0 Å². The summed E-state index contributed by atoms with van der Waals surface area (Å²) in [5.74, 6) is -0.411. The average molecular weight is 991 g/mol. The predicted octanol–water partition coefficient (Wildman–Crippen LogP) is 8.46. The van der Waals surface area contributed by atoms with E-state index < -0.39 is 86.7 Å². The first-order valence-electron chi connectivity index (χ1n) is 26.7. The molecule has 11 unspecified atom stereocenters. The third-order valence-corrected chi connectivity index (χ3v) is 12.2. The van der Waals surface area contributed by atoms with E-state index in [0.29, 0.717) is 13.0 Å². The lowest BCUT2D eigenvalue weighted by Crippen LogP contribution is -2.61. The summed E-state index contributed by atoms with van der Waals surface area (Å²) < 4.78 is 34.2. The number of rotatable bonds is 41. The van der Waals surface area contributed by atoms with Gasteiger partial charge in [-0.3, -0.25) is 4.79 Å². The van der Waals surface area contributed by atoms with Crippen LogP contribution in [0.3, 0.4) is 0 Å². The lowest BCUT2D eigenvalue weighted by molar-refractivity contribution is -0.332. The molecule has 11 atom stereocenters. The summed E-state index contributed by atoms with van der Waals surface area (Å²) in [6, 6.07) is 0. The number of allylic oxidation sites excluding steroid dienone is 14. The largest absolute Gasteiger partial charge is 0.457 e. The van der Waals surface area contributed by atoms with Gasteiger partial charge in [0.25, 0.3) is 0 Å². The molecule has 2 fully saturated rings. The molecule has 14 heteroatoms. The lowest BCUT2D eigenvalue weighted by Gasteiger charge is -2.42. The Bertz CT molecular complexity index is 1480. The summed E-state index contributed by atoms with van der Waals surface area (Å²) in [6.45, 7) is 3.50. The minimum absolute atomic E-state index is 0.0443. The van der Waals surface area contributed by atoms with Crippen molar-refractivity contribution in [2.24, 2.45) is 0 Å². The number of aliphatic hydroxyl groups is 7. The standard InChI is InChI=1S/C56H94O14/c1-3-5-7-9-11-13-15-16-17-18-19-20-21-22-23-24-25-26-27-28-29-31-33-35-37-39-48(58)68-45(42-65-40-38-36-34-32-30-14-12-10-8-6-4-2)43-66-55-54(64)52(62)50(60)47(70-55)44-67-56-53(63)51(61)49(59)46(41-57)69-56/h5,7,11,13,16-17,19-20,22-23,25-26,28-29,45-47,49-57,59-64H,3-4,6,8-10,12,14-15,18,21,24,27,30-44H2,1-2H3/b7-5-,13-11-,17-16-,20-19-,23-22-,26-25-,29-28-. The van der Waals surface area contributed by atoms with Crippen molar-refractivity contribution in [1.82, 2.24) is 0 Å². The average Bonchev–Trinajstić information content (AvgIpc) is 3.36. The Morgan fingerprint density at radius 1 is 0.486 bits per heavy atom. The molecular weight excluding hydrogens is 897 g/mol. The summed E-state index contributed by atoms with van der Waals surface area (Å²) in [4.78, 5) is 13.0. The smallest absolute Gasteiger partial charge is 0.306 e. The number of carbonyl (C=O) groups is 1. The molecule has 14 nitrogen and oxygen atoms in total.